The van der Waals surface area contributed by atoms with Crippen molar-refractivity contribution in [1.82, 2.24) is 14.6 Å². The third-order valence-corrected chi connectivity index (χ3v) is 5.84. The summed E-state index contributed by atoms with van der Waals surface area (Å²) in [4.78, 5) is 29.9. The smallest absolute Gasteiger partial charge is 0.283 e. The van der Waals surface area contributed by atoms with Gasteiger partial charge >= 0.3 is 0 Å². The molecule has 0 radical (unpaired) electrons. The van der Waals surface area contributed by atoms with E-state index in [0.29, 0.717) is 31.5 Å². The third-order valence-electron chi connectivity index (χ3n) is 3.80. The molecule has 0 unspecified atom stereocenters. The van der Waals surface area contributed by atoms with Gasteiger partial charge < -0.3 is 4.74 Å². The number of hydrogen-bond donors (Lipinski definition) is 0. The van der Waals surface area contributed by atoms with E-state index >= 15 is 0 Å². The van der Waals surface area contributed by atoms with Crippen molar-refractivity contribution in [3.8, 4) is 5.75 Å². The molecule has 4 rings (SSSR count). The Balaban J connectivity index is 1.59. The van der Waals surface area contributed by atoms with E-state index in [1.54, 1.807) is 49.6 Å². The van der Waals surface area contributed by atoms with Crippen molar-refractivity contribution in [2.75, 3.05) is 12.9 Å². The molecular weight excluding hydrogens is 370 g/mol. The quantitative estimate of drug-likeness (QED) is 0.389. The topological polar surface area (TPSA) is 73.6 Å². The first-order valence-corrected chi connectivity index (χ1v) is 9.54. The van der Waals surface area contributed by atoms with Crippen molar-refractivity contribution in [3.05, 3.63) is 64.4 Å². The lowest BCUT2D eigenvalue weighted by atomic mass is 10.1. The number of para-hydroxylation sites is 1. The van der Waals surface area contributed by atoms with Gasteiger partial charge in [-0.1, -0.05) is 47.4 Å². The van der Waals surface area contributed by atoms with E-state index in [9.17, 15) is 9.59 Å². The Kier molecular flexibility index (Phi) is 4.44. The zero-order valence-corrected chi connectivity index (χ0v) is 15.3. The zero-order valence-electron chi connectivity index (χ0n) is 13.7. The van der Waals surface area contributed by atoms with Crippen LogP contribution < -0.4 is 10.3 Å². The van der Waals surface area contributed by atoms with E-state index < -0.39 is 0 Å². The van der Waals surface area contributed by atoms with E-state index in [-0.39, 0.29) is 17.1 Å². The van der Waals surface area contributed by atoms with Crippen LogP contribution in [0.2, 0.25) is 0 Å². The van der Waals surface area contributed by atoms with Gasteiger partial charge in [0, 0.05) is 5.56 Å². The van der Waals surface area contributed by atoms with Gasteiger partial charge in [0.05, 0.1) is 23.8 Å². The van der Waals surface area contributed by atoms with E-state index in [0.717, 1.165) is 0 Å². The molecule has 0 aliphatic heterocycles. The number of thioether (sulfide) groups is 1. The molecule has 2 heterocycles. The largest absolute Gasteiger partial charge is 0.497 e. The summed E-state index contributed by atoms with van der Waals surface area (Å²) >= 11 is 2.59. The first kappa shape index (κ1) is 16.7. The Labute approximate surface area is 156 Å². The van der Waals surface area contributed by atoms with Crippen LogP contribution in [-0.2, 0) is 0 Å². The van der Waals surface area contributed by atoms with Crippen LogP contribution in [0.5, 0.6) is 5.75 Å². The summed E-state index contributed by atoms with van der Waals surface area (Å²) in [6, 6.07) is 14.2. The summed E-state index contributed by atoms with van der Waals surface area (Å²) in [5.74, 6) is 0.836. The first-order valence-electron chi connectivity index (χ1n) is 7.74. The van der Waals surface area contributed by atoms with Gasteiger partial charge in [-0.15, -0.1) is 5.10 Å². The van der Waals surface area contributed by atoms with Crippen molar-refractivity contribution in [2.45, 2.75) is 4.34 Å². The third kappa shape index (κ3) is 3.09. The van der Waals surface area contributed by atoms with Crippen LogP contribution in [0.15, 0.2) is 57.7 Å². The predicted molar refractivity (Wildman–Crippen MR) is 103 cm³/mol. The molecule has 0 amide bonds. The number of Topliss-reactive ketones (excluding diaryl/α,β-unsaturated/α-hetero) is 1. The predicted octanol–water partition coefficient (Wildman–Crippen LogP) is 3.29. The summed E-state index contributed by atoms with van der Waals surface area (Å²) in [7, 11) is 1.56. The van der Waals surface area contributed by atoms with E-state index in [4.69, 9.17) is 4.74 Å². The SMILES string of the molecule is COc1cccc(C(=O)CSc2nn3c(=O)c4ccccc4nc3s2)c1. The molecule has 8 heteroatoms. The maximum absolute atomic E-state index is 12.5. The lowest BCUT2D eigenvalue weighted by molar-refractivity contribution is 0.102. The lowest BCUT2D eigenvalue weighted by Gasteiger charge is -2.02. The van der Waals surface area contributed by atoms with Crippen molar-refractivity contribution < 1.29 is 9.53 Å². The van der Waals surface area contributed by atoms with Crippen LogP contribution in [0.4, 0.5) is 0 Å². The number of benzene rings is 2. The van der Waals surface area contributed by atoms with Gasteiger partial charge in [0.25, 0.3) is 5.56 Å². The van der Waals surface area contributed by atoms with Crippen molar-refractivity contribution in [2.24, 2.45) is 0 Å². The molecule has 2 aromatic carbocycles. The number of rotatable bonds is 5. The highest BCUT2D eigenvalue weighted by Crippen LogP contribution is 2.25. The van der Waals surface area contributed by atoms with Crippen LogP contribution in [0.3, 0.4) is 0 Å². The Morgan fingerprint density at radius 3 is 2.92 bits per heavy atom. The van der Waals surface area contributed by atoms with Gasteiger partial charge in [0.1, 0.15) is 5.75 Å². The highest BCUT2D eigenvalue weighted by Gasteiger charge is 2.13. The molecule has 0 saturated heterocycles. The molecule has 4 aromatic rings. The second-order valence-corrected chi connectivity index (χ2v) is 7.62. The summed E-state index contributed by atoms with van der Waals surface area (Å²) in [6.07, 6.45) is 0. The normalized spacial score (nSPS) is 11.1. The molecule has 0 bridgehead atoms. The van der Waals surface area contributed by atoms with Crippen LogP contribution in [-0.4, -0.2) is 33.2 Å². The summed E-state index contributed by atoms with van der Waals surface area (Å²) in [5.41, 5.74) is 1.02. The van der Waals surface area contributed by atoms with Crippen LogP contribution in [0.25, 0.3) is 15.9 Å². The second-order valence-electron chi connectivity index (χ2n) is 5.44. The Bertz CT molecular complexity index is 1180. The number of carbonyl (C=O) groups excluding carboxylic acids is 1. The molecule has 130 valence electrons. The molecule has 0 aliphatic carbocycles. The van der Waals surface area contributed by atoms with Gasteiger partial charge in [-0.25, -0.2) is 4.98 Å². The van der Waals surface area contributed by atoms with Crippen molar-refractivity contribution >= 4 is 44.7 Å². The van der Waals surface area contributed by atoms with Gasteiger partial charge in [-0.3, -0.25) is 9.59 Å². The average molecular weight is 383 g/mol. The molecule has 2 aromatic heterocycles. The van der Waals surface area contributed by atoms with Gasteiger partial charge in [-0.05, 0) is 24.3 Å². The molecular formula is C18H13N3O3S2. The fourth-order valence-corrected chi connectivity index (χ4v) is 4.33. The number of fused-ring (bicyclic) bond motifs is 2. The zero-order chi connectivity index (χ0) is 18.1. The maximum atomic E-state index is 12.5. The van der Waals surface area contributed by atoms with Crippen LogP contribution in [0, 0.1) is 0 Å². The van der Waals surface area contributed by atoms with Crippen molar-refractivity contribution in [3.63, 3.8) is 0 Å². The van der Waals surface area contributed by atoms with Gasteiger partial charge in [0.15, 0.2) is 10.1 Å². The van der Waals surface area contributed by atoms with E-state index in [2.05, 4.69) is 10.1 Å². The number of aromatic nitrogens is 3. The molecule has 0 spiro atoms. The minimum Gasteiger partial charge on any atom is -0.497 e. The molecule has 6 nitrogen and oxygen atoms in total. The van der Waals surface area contributed by atoms with Gasteiger partial charge in [-0.2, -0.15) is 4.52 Å². The molecule has 0 fully saturated rings. The standard InChI is InChI=1S/C18H13N3O3S2/c1-24-12-6-4-5-11(9-12)15(22)10-25-18-20-21-16(23)13-7-2-3-8-14(13)19-17(21)26-18/h2-9H,10H2,1H3. The minimum absolute atomic E-state index is 0.0291. The molecule has 0 atom stereocenters. The number of carbonyl (C=O) groups is 1. The van der Waals surface area contributed by atoms with Gasteiger partial charge in [0.2, 0.25) is 4.96 Å². The Morgan fingerprint density at radius 1 is 1.23 bits per heavy atom. The molecule has 0 saturated carbocycles. The number of ketones is 1. The highest BCUT2D eigenvalue weighted by molar-refractivity contribution is 8.01. The van der Waals surface area contributed by atoms with Crippen LogP contribution >= 0.6 is 23.1 Å². The maximum Gasteiger partial charge on any atom is 0.283 e. The molecule has 26 heavy (non-hydrogen) atoms. The van der Waals surface area contributed by atoms with E-state index in [1.165, 1.54) is 27.6 Å². The summed E-state index contributed by atoms with van der Waals surface area (Å²) < 4.78 is 7.07. The fourth-order valence-electron chi connectivity index (χ4n) is 2.50. The molecule has 0 N–H and O–H groups in total. The van der Waals surface area contributed by atoms with Crippen LogP contribution in [0.1, 0.15) is 10.4 Å². The monoisotopic (exact) mass is 383 g/mol. The Morgan fingerprint density at radius 2 is 2.08 bits per heavy atom. The van der Waals surface area contributed by atoms with E-state index in [1.807, 2.05) is 6.07 Å². The number of nitrogens with zero attached hydrogens (tertiary/aromatic N) is 3. The summed E-state index contributed by atoms with van der Waals surface area (Å²) in [6.45, 7) is 0. The number of methoxy groups -OCH3 is 1. The Hall–Kier alpha value is -2.71. The fraction of sp³-hybridized carbons (Fsp3) is 0.111. The first-order chi connectivity index (χ1) is 12.7. The van der Waals surface area contributed by atoms with Crippen molar-refractivity contribution in [1.29, 1.82) is 0 Å². The second kappa shape index (κ2) is 6.89. The number of ether oxygens (including phenoxy) is 1. The lowest BCUT2D eigenvalue weighted by Crippen LogP contribution is -2.15. The highest BCUT2D eigenvalue weighted by atomic mass is 32.2. The average Bonchev–Trinajstić information content (AvgIpc) is 3.09. The molecule has 0 aliphatic rings. The minimum atomic E-state index is -0.201. The number of hydrogen-bond acceptors (Lipinski definition) is 7. The summed E-state index contributed by atoms with van der Waals surface area (Å²) in [5, 5.41) is 4.84.